The fraction of sp³-hybridized carbons (Fsp3) is 0.750. The van der Waals surface area contributed by atoms with Crippen molar-refractivity contribution >= 4 is 0 Å². The quantitative estimate of drug-likeness (QED) is 0.374. The van der Waals surface area contributed by atoms with Crippen LogP contribution >= 0.6 is 0 Å². The predicted molar refractivity (Wildman–Crippen MR) is 49.1 cm³/mol. The van der Waals surface area contributed by atoms with E-state index in [1.54, 1.807) is 0 Å². The number of H-pyrrole nitrogens is 1. The summed E-state index contributed by atoms with van der Waals surface area (Å²) in [4.78, 5) is 3.79. The summed E-state index contributed by atoms with van der Waals surface area (Å²) >= 11 is 0. The molecule has 0 unspecified atom stereocenters. The van der Waals surface area contributed by atoms with Crippen molar-refractivity contribution < 1.29 is 25.2 Å². The molecule has 0 spiro atoms. The van der Waals surface area contributed by atoms with Crippen LogP contribution < -0.4 is 0 Å². The summed E-state index contributed by atoms with van der Waals surface area (Å²) in [5.41, 5.74) is 0. The van der Waals surface area contributed by atoms with Gasteiger partial charge in [0.1, 0.15) is 36.8 Å². The maximum Gasteiger partial charge on any atom is 0.156 e. The molecule has 0 aromatic carbocycles. The van der Waals surface area contributed by atoms with Crippen LogP contribution in [0.3, 0.4) is 0 Å². The van der Waals surface area contributed by atoms with Gasteiger partial charge in [-0.3, -0.25) is 5.10 Å². The first-order valence-corrected chi connectivity index (χ1v) is 4.81. The van der Waals surface area contributed by atoms with Gasteiger partial charge >= 0.3 is 0 Å². The summed E-state index contributed by atoms with van der Waals surface area (Å²) in [6.07, 6.45) is -4.74. The van der Waals surface area contributed by atoms with E-state index in [4.69, 9.17) is 9.84 Å². The minimum absolute atomic E-state index is 0.233. The molecule has 0 bridgehead atoms. The zero-order valence-corrected chi connectivity index (χ0v) is 8.26. The monoisotopic (exact) mass is 231 g/mol. The maximum absolute atomic E-state index is 9.69. The lowest BCUT2D eigenvalue weighted by molar-refractivity contribution is -0.233. The van der Waals surface area contributed by atoms with Crippen LogP contribution in [0.1, 0.15) is 11.9 Å². The van der Waals surface area contributed by atoms with Crippen LogP contribution in [-0.4, -0.2) is 66.6 Å². The van der Waals surface area contributed by atoms with Crippen molar-refractivity contribution in [3.05, 3.63) is 12.2 Å². The third kappa shape index (κ3) is 1.81. The van der Waals surface area contributed by atoms with Gasteiger partial charge in [0.05, 0.1) is 6.61 Å². The molecule has 1 aliphatic rings. The number of hydrogen-bond acceptors (Lipinski definition) is 7. The molecule has 5 N–H and O–H groups in total. The third-order valence-corrected chi connectivity index (χ3v) is 2.60. The van der Waals surface area contributed by atoms with Crippen molar-refractivity contribution in [3.8, 4) is 0 Å². The number of hydrogen-bond donors (Lipinski definition) is 5. The second-order valence-corrected chi connectivity index (χ2v) is 3.62. The molecule has 0 radical (unpaired) electrons. The Kier molecular flexibility index (Phi) is 3.17. The van der Waals surface area contributed by atoms with Crippen LogP contribution in [-0.2, 0) is 4.74 Å². The average Bonchev–Trinajstić information content (AvgIpc) is 2.80. The molecule has 90 valence electrons. The Balaban J connectivity index is 2.20. The number of rotatable bonds is 2. The Bertz CT molecular complexity index is 330. The van der Waals surface area contributed by atoms with Crippen molar-refractivity contribution in [2.24, 2.45) is 0 Å². The maximum atomic E-state index is 9.69. The van der Waals surface area contributed by atoms with Crippen LogP contribution in [0.25, 0.3) is 0 Å². The van der Waals surface area contributed by atoms with Gasteiger partial charge in [-0.2, -0.15) is 5.10 Å². The molecule has 8 heteroatoms. The highest BCUT2D eigenvalue weighted by molar-refractivity contribution is 5.00. The van der Waals surface area contributed by atoms with Gasteiger partial charge in [0, 0.05) is 0 Å². The molecule has 1 saturated heterocycles. The molecular formula is C8H13N3O5. The second-order valence-electron chi connectivity index (χ2n) is 3.62. The number of nitrogens with one attached hydrogen (secondary N) is 1. The summed E-state index contributed by atoms with van der Waals surface area (Å²) < 4.78 is 5.23. The summed E-state index contributed by atoms with van der Waals surface area (Å²) in [5.74, 6) is 0.233. The molecule has 0 aliphatic carbocycles. The molecule has 0 amide bonds. The van der Waals surface area contributed by atoms with Crippen LogP contribution in [0.15, 0.2) is 6.33 Å². The molecule has 1 fully saturated rings. The molecule has 2 heterocycles. The fourth-order valence-corrected chi connectivity index (χ4v) is 1.68. The number of aliphatic hydroxyl groups is 4. The van der Waals surface area contributed by atoms with Crippen LogP contribution in [0.2, 0.25) is 0 Å². The Hall–Kier alpha value is -1.06. The van der Waals surface area contributed by atoms with E-state index in [-0.39, 0.29) is 5.82 Å². The minimum Gasteiger partial charge on any atom is -0.394 e. The van der Waals surface area contributed by atoms with Crippen LogP contribution in [0, 0.1) is 0 Å². The van der Waals surface area contributed by atoms with E-state index < -0.39 is 37.1 Å². The number of aromatic amines is 1. The van der Waals surface area contributed by atoms with E-state index in [2.05, 4.69) is 15.2 Å². The zero-order valence-electron chi connectivity index (χ0n) is 8.26. The minimum atomic E-state index is -1.40. The number of nitrogens with zero attached hydrogens (tertiary/aromatic N) is 2. The molecule has 1 aromatic rings. The summed E-state index contributed by atoms with van der Waals surface area (Å²) in [5, 5.41) is 43.8. The van der Waals surface area contributed by atoms with Gasteiger partial charge in [0.2, 0.25) is 0 Å². The van der Waals surface area contributed by atoms with Crippen molar-refractivity contribution in [2.75, 3.05) is 6.61 Å². The molecule has 1 aromatic heterocycles. The lowest BCUT2D eigenvalue weighted by Crippen LogP contribution is -2.55. The van der Waals surface area contributed by atoms with Gasteiger partial charge < -0.3 is 25.2 Å². The molecule has 0 saturated carbocycles. The van der Waals surface area contributed by atoms with Gasteiger partial charge in [-0.05, 0) is 0 Å². The topological polar surface area (TPSA) is 132 Å². The van der Waals surface area contributed by atoms with E-state index in [0.29, 0.717) is 0 Å². The van der Waals surface area contributed by atoms with E-state index in [0.717, 1.165) is 0 Å². The first kappa shape index (κ1) is 11.4. The fourth-order valence-electron chi connectivity index (χ4n) is 1.68. The lowest BCUT2D eigenvalue weighted by atomic mass is 9.95. The molecule has 1 aliphatic heterocycles. The first-order valence-electron chi connectivity index (χ1n) is 4.81. The largest absolute Gasteiger partial charge is 0.394 e. The van der Waals surface area contributed by atoms with Crippen molar-refractivity contribution in [3.63, 3.8) is 0 Å². The normalized spacial score (nSPS) is 39.9. The Labute approximate surface area is 90.5 Å². The zero-order chi connectivity index (χ0) is 11.7. The van der Waals surface area contributed by atoms with Crippen LogP contribution in [0.4, 0.5) is 0 Å². The lowest BCUT2D eigenvalue weighted by Gasteiger charge is -2.38. The van der Waals surface area contributed by atoms with E-state index in [1.165, 1.54) is 6.33 Å². The van der Waals surface area contributed by atoms with Crippen molar-refractivity contribution in [1.82, 2.24) is 15.2 Å². The predicted octanol–water partition coefficient (Wildman–Crippen LogP) is -2.68. The van der Waals surface area contributed by atoms with Gasteiger partial charge in [-0.25, -0.2) is 4.98 Å². The second kappa shape index (κ2) is 4.44. The summed E-state index contributed by atoms with van der Waals surface area (Å²) in [6, 6.07) is 0. The highest BCUT2D eigenvalue weighted by Gasteiger charge is 2.45. The Morgan fingerprint density at radius 3 is 2.56 bits per heavy atom. The molecule has 8 nitrogen and oxygen atoms in total. The summed E-state index contributed by atoms with van der Waals surface area (Å²) in [6.45, 7) is -0.463. The Morgan fingerprint density at radius 2 is 2.00 bits per heavy atom. The van der Waals surface area contributed by atoms with Gasteiger partial charge in [0.15, 0.2) is 5.82 Å². The highest BCUT2D eigenvalue weighted by atomic mass is 16.5. The third-order valence-electron chi connectivity index (χ3n) is 2.60. The Morgan fingerprint density at radius 1 is 1.25 bits per heavy atom. The van der Waals surface area contributed by atoms with Gasteiger partial charge in [-0.1, -0.05) is 0 Å². The summed E-state index contributed by atoms with van der Waals surface area (Å²) in [7, 11) is 0. The van der Waals surface area contributed by atoms with E-state index in [9.17, 15) is 15.3 Å². The van der Waals surface area contributed by atoms with Gasteiger partial charge in [0.25, 0.3) is 0 Å². The number of ether oxygens (including phenoxy) is 1. The van der Waals surface area contributed by atoms with Crippen LogP contribution in [0.5, 0.6) is 0 Å². The molecule has 16 heavy (non-hydrogen) atoms. The standard InChI is InChI=1S/C8H13N3O5/c12-1-3-4(13)5(14)6(15)7(16-3)8-9-2-10-11-8/h2-7,12-15H,1H2,(H,9,10,11)/t3-,4-,5+,6-,7-/m1/s1. The SMILES string of the molecule is OC[C@H]1O[C@@H](c2ncn[nH]2)[C@H](O)[C@@H](O)[C@@H]1O. The smallest absolute Gasteiger partial charge is 0.156 e. The van der Waals surface area contributed by atoms with Gasteiger partial charge in [-0.15, -0.1) is 0 Å². The van der Waals surface area contributed by atoms with E-state index >= 15 is 0 Å². The van der Waals surface area contributed by atoms with Crippen molar-refractivity contribution in [1.29, 1.82) is 0 Å². The average molecular weight is 231 g/mol. The molecule has 2 rings (SSSR count). The molecule has 5 atom stereocenters. The molecular weight excluding hydrogens is 218 g/mol. The number of aliphatic hydroxyl groups excluding tert-OH is 4. The van der Waals surface area contributed by atoms with Crippen molar-refractivity contribution in [2.45, 2.75) is 30.5 Å². The van der Waals surface area contributed by atoms with E-state index in [1.807, 2.05) is 0 Å². The first-order chi connectivity index (χ1) is 7.65. The number of aromatic nitrogens is 3. The highest BCUT2D eigenvalue weighted by Crippen LogP contribution is 2.29.